The van der Waals surface area contributed by atoms with Crippen LogP contribution in [0, 0.1) is 0 Å². The molecule has 146 valence electrons. The Morgan fingerprint density at radius 3 is 2.85 bits per heavy atom. The van der Waals surface area contributed by atoms with E-state index in [1.165, 1.54) is 5.69 Å². The molecule has 1 unspecified atom stereocenters. The molecule has 6 nitrogen and oxygen atoms in total. The van der Waals surface area contributed by atoms with Crippen molar-refractivity contribution < 1.29 is 9.47 Å². The lowest BCUT2D eigenvalue weighted by Gasteiger charge is -2.22. The molecule has 0 bridgehead atoms. The number of guanidine groups is 1. The van der Waals surface area contributed by atoms with Gasteiger partial charge in [0.25, 0.3) is 0 Å². The van der Waals surface area contributed by atoms with Gasteiger partial charge in [-0.25, -0.2) is 0 Å². The van der Waals surface area contributed by atoms with Gasteiger partial charge in [0.15, 0.2) is 5.96 Å². The molecule has 0 aliphatic carbocycles. The highest BCUT2D eigenvalue weighted by atomic mass is 16.5. The summed E-state index contributed by atoms with van der Waals surface area (Å²) < 4.78 is 10.6. The van der Waals surface area contributed by atoms with Crippen LogP contribution in [0.2, 0.25) is 0 Å². The molecule has 2 N–H and O–H groups in total. The summed E-state index contributed by atoms with van der Waals surface area (Å²) in [5.41, 5.74) is 1.17. The van der Waals surface area contributed by atoms with E-state index in [1.807, 2.05) is 12.1 Å². The van der Waals surface area contributed by atoms with E-state index in [-0.39, 0.29) is 0 Å². The first-order chi connectivity index (χ1) is 12.8. The van der Waals surface area contributed by atoms with Gasteiger partial charge < -0.3 is 25.0 Å². The van der Waals surface area contributed by atoms with Crippen molar-refractivity contribution in [1.82, 2.24) is 10.6 Å². The largest absolute Gasteiger partial charge is 0.495 e. The molecule has 1 aromatic rings. The van der Waals surface area contributed by atoms with Crippen LogP contribution in [0.3, 0.4) is 0 Å². The van der Waals surface area contributed by atoms with Crippen LogP contribution in [0.15, 0.2) is 29.3 Å². The van der Waals surface area contributed by atoms with Crippen molar-refractivity contribution in [3.8, 4) is 5.75 Å². The fraction of sp³-hybridized carbons (Fsp3) is 0.650. The van der Waals surface area contributed by atoms with Crippen LogP contribution in [0.5, 0.6) is 5.75 Å². The van der Waals surface area contributed by atoms with E-state index in [0.29, 0.717) is 6.04 Å². The molecular formula is C20H34N4O2. The maximum Gasteiger partial charge on any atom is 0.191 e. The highest BCUT2D eigenvalue weighted by Crippen LogP contribution is 2.30. The molecular weight excluding hydrogens is 328 g/mol. The van der Waals surface area contributed by atoms with Crippen molar-refractivity contribution in [2.24, 2.45) is 4.99 Å². The number of nitrogens with zero attached hydrogens (tertiary/aromatic N) is 2. The van der Waals surface area contributed by atoms with Gasteiger partial charge in [-0.15, -0.1) is 0 Å². The number of aliphatic imine (C=N–C) groups is 1. The van der Waals surface area contributed by atoms with E-state index < -0.39 is 0 Å². The number of hydrogen-bond acceptors (Lipinski definition) is 4. The fourth-order valence-electron chi connectivity index (χ4n) is 3.23. The quantitative estimate of drug-likeness (QED) is 0.381. The Morgan fingerprint density at radius 2 is 2.08 bits per heavy atom. The third-order valence-corrected chi connectivity index (χ3v) is 4.58. The summed E-state index contributed by atoms with van der Waals surface area (Å²) in [6, 6.07) is 8.61. The number of para-hydroxylation sites is 2. The lowest BCUT2D eigenvalue weighted by Crippen LogP contribution is -2.44. The van der Waals surface area contributed by atoms with Crippen LogP contribution in [-0.2, 0) is 4.74 Å². The standard InChI is InChI=1S/C20H34N4O2/c1-4-21-20(22-13-8-5-9-15-25-2)23-17-12-14-24(16-17)18-10-6-7-11-19(18)26-3/h6-7,10-11,17H,4-5,8-9,12-16H2,1-3H3,(H2,21,22,23). The smallest absolute Gasteiger partial charge is 0.191 e. The molecule has 1 atom stereocenters. The summed E-state index contributed by atoms with van der Waals surface area (Å²) in [4.78, 5) is 7.10. The highest BCUT2D eigenvalue weighted by molar-refractivity contribution is 5.80. The molecule has 1 aliphatic rings. The average molecular weight is 363 g/mol. The Morgan fingerprint density at radius 1 is 1.23 bits per heavy atom. The first kappa shape index (κ1) is 20.4. The molecule has 0 spiro atoms. The number of benzene rings is 1. The number of hydrogen-bond donors (Lipinski definition) is 2. The van der Waals surface area contributed by atoms with Gasteiger partial charge >= 0.3 is 0 Å². The summed E-state index contributed by atoms with van der Waals surface area (Å²) in [5.74, 6) is 1.86. The van der Waals surface area contributed by atoms with E-state index in [0.717, 1.165) is 70.2 Å². The lowest BCUT2D eigenvalue weighted by atomic mass is 10.2. The third-order valence-electron chi connectivity index (χ3n) is 4.58. The molecule has 0 aromatic heterocycles. The Bertz CT molecular complexity index is 550. The third kappa shape index (κ3) is 6.41. The number of ether oxygens (including phenoxy) is 2. The van der Waals surface area contributed by atoms with Gasteiger partial charge in [-0.3, -0.25) is 4.99 Å². The first-order valence-electron chi connectivity index (χ1n) is 9.70. The summed E-state index contributed by atoms with van der Waals surface area (Å²) >= 11 is 0. The molecule has 0 radical (unpaired) electrons. The SMILES string of the molecule is CCNC(=NCCCCCOC)NC1CCN(c2ccccc2OC)C1. The zero-order chi connectivity index (χ0) is 18.6. The maximum absolute atomic E-state index is 5.50. The van der Waals surface area contributed by atoms with Crippen LogP contribution in [0.4, 0.5) is 5.69 Å². The topological polar surface area (TPSA) is 58.1 Å². The van der Waals surface area contributed by atoms with Gasteiger partial charge in [0, 0.05) is 45.9 Å². The number of methoxy groups -OCH3 is 2. The predicted octanol–water partition coefficient (Wildman–Crippen LogP) is 2.65. The Kier molecular flexibility index (Phi) is 9.10. The second-order valence-electron chi connectivity index (χ2n) is 6.56. The minimum Gasteiger partial charge on any atom is -0.495 e. The van der Waals surface area contributed by atoms with Gasteiger partial charge in [-0.1, -0.05) is 12.1 Å². The fourth-order valence-corrected chi connectivity index (χ4v) is 3.23. The van der Waals surface area contributed by atoms with Gasteiger partial charge in [0.2, 0.25) is 0 Å². The van der Waals surface area contributed by atoms with Gasteiger partial charge in [0.1, 0.15) is 5.75 Å². The maximum atomic E-state index is 5.50. The van der Waals surface area contributed by atoms with Gasteiger partial charge in [-0.2, -0.15) is 0 Å². The summed E-state index contributed by atoms with van der Waals surface area (Å²) in [7, 11) is 3.48. The van der Waals surface area contributed by atoms with Gasteiger partial charge in [-0.05, 0) is 44.7 Å². The molecule has 1 fully saturated rings. The molecule has 26 heavy (non-hydrogen) atoms. The number of unbranched alkanes of at least 4 members (excludes halogenated alkanes) is 2. The molecule has 1 aromatic carbocycles. The zero-order valence-electron chi connectivity index (χ0n) is 16.5. The monoisotopic (exact) mass is 362 g/mol. The van der Waals surface area contributed by atoms with Gasteiger partial charge in [0.05, 0.1) is 12.8 Å². The number of nitrogens with one attached hydrogen (secondary N) is 2. The van der Waals surface area contributed by atoms with Crippen LogP contribution in [0.25, 0.3) is 0 Å². The van der Waals surface area contributed by atoms with Crippen LogP contribution < -0.4 is 20.3 Å². The molecule has 0 saturated carbocycles. The van der Waals surface area contributed by atoms with Crippen molar-refractivity contribution in [3.05, 3.63) is 24.3 Å². The van der Waals surface area contributed by atoms with Crippen molar-refractivity contribution in [1.29, 1.82) is 0 Å². The Balaban J connectivity index is 1.83. The van der Waals surface area contributed by atoms with Crippen molar-refractivity contribution in [3.63, 3.8) is 0 Å². The first-order valence-corrected chi connectivity index (χ1v) is 9.70. The van der Waals surface area contributed by atoms with Crippen LogP contribution in [-0.4, -0.2) is 59.0 Å². The molecule has 1 heterocycles. The van der Waals surface area contributed by atoms with E-state index in [2.05, 4.69) is 34.6 Å². The Hall–Kier alpha value is -1.95. The minimum atomic E-state index is 0.395. The minimum absolute atomic E-state index is 0.395. The Labute approximate surface area is 158 Å². The van der Waals surface area contributed by atoms with Crippen molar-refractivity contribution in [2.45, 2.75) is 38.6 Å². The van der Waals surface area contributed by atoms with Crippen molar-refractivity contribution in [2.75, 3.05) is 51.9 Å². The molecule has 1 aliphatic heterocycles. The van der Waals surface area contributed by atoms with Crippen LogP contribution >= 0.6 is 0 Å². The van der Waals surface area contributed by atoms with E-state index >= 15 is 0 Å². The number of rotatable bonds is 10. The second kappa shape index (κ2) is 11.6. The molecule has 2 rings (SSSR count). The molecule has 0 amide bonds. The average Bonchev–Trinajstić information content (AvgIpc) is 3.13. The van der Waals surface area contributed by atoms with Crippen molar-refractivity contribution >= 4 is 11.6 Å². The normalized spacial score (nSPS) is 17.4. The van der Waals surface area contributed by atoms with Crippen LogP contribution in [0.1, 0.15) is 32.6 Å². The number of anilines is 1. The summed E-state index contributed by atoms with van der Waals surface area (Å²) in [6.07, 6.45) is 4.45. The predicted molar refractivity (Wildman–Crippen MR) is 108 cm³/mol. The van der Waals surface area contributed by atoms with E-state index in [1.54, 1.807) is 14.2 Å². The molecule has 1 saturated heterocycles. The molecule has 6 heteroatoms. The summed E-state index contributed by atoms with van der Waals surface area (Å²) in [5, 5.41) is 6.95. The second-order valence-corrected chi connectivity index (χ2v) is 6.56. The summed E-state index contributed by atoms with van der Waals surface area (Å²) in [6.45, 7) is 6.64. The lowest BCUT2D eigenvalue weighted by molar-refractivity contribution is 0.192. The van der Waals surface area contributed by atoms with E-state index in [9.17, 15) is 0 Å². The zero-order valence-corrected chi connectivity index (χ0v) is 16.5. The van der Waals surface area contributed by atoms with E-state index in [4.69, 9.17) is 14.5 Å². The highest BCUT2D eigenvalue weighted by Gasteiger charge is 2.25.